The predicted octanol–water partition coefficient (Wildman–Crippen LogP) is -1.32. The molecule has 0 atom stereocenters. The molecule has 0 saturated heterocycles. The molecule has 76 valence electrons. The van der Waals surface area contributed by atoms with E-state index < -0.39 is 11.7 Å². The van der Waals surface area contributed by atoms with E-state index in [1.54, 1.807) is 12.3 Å². The van der Waals surface area contributed by atoms with E-state index in [0.29, 0.717) is 5.69 Å². The Morgan fingerprint density at radius 2 is 2.00 bits per heavy atom. The average Bonchev–Trinajstić information content (AvgIpc) is 2.68. The van der Waals surface area contributed by atoms with Gasteiger partial charge in [0.25, 0.3) is 5.91 Å². The number of nitrogens with one attached hydrogen (secondary N) is 1. The Morgan fingerprint density at radius 3 is 2.81 bits per heavy atom. The summed E-state index contributed by atoms with van der Waals surface area (Å²) >= 11 is 0. The van der Waals surface area contributed by atoms with Crippen molar-refractivity contribution in [1.82, 2.24) is 0 Å². The molecule has 0 bridgehead atoms. The van der Waals surface area contributed by atoms with Crippen LogP contribution in [0.25, 0.3) is 12.2 Å². The molecule has 1 aromatic rings. The van der Waals surface area contributed by atoms with Crippen LogP contribution in [-0.2, 0) is 9.59 Å². The third kappa shape index (κ3) is 1.63. The third-order valence-electron chi connectivity index (χ3n) is 2.46. The average molecular weight is 240 g/mol. The second-order valence-corrected chi connectivity index (χ2v) is 3.37. The van der Waals surface area contributed by atoms with E-state index in [2.05, 4.69) is 10.3 Å². The minimum atomic E-state index is -0.587. The van der Waals surface area contributed by atoms with E-state index in [1.165, 1.54) is 6.08 Å². The summed E-state index contributed by atoms with van der Waals surface area (Å²) in [6.07, 6.45) is 4.84. The van der Waals surface area contributed by atoms with Crippen molar-refractivity contribution < 1.29 is 9.59 Å². The number of benzene rings is 1. The Balaban J connectivity index is 0.000000963. The van der Waals surface area contributed by atoms with Crippen molar-refractivity contribution in [3.8, 4) is 0 Å². The van der Waals surface area contributed by atoms with Crippen LogP contribution in [0.4, 0.5) is 5.69 Å². The van der Waals surface area contributed by atoms with Crippen molar-refractivity contribution in [2.24, 2.45) is 4.99 Å². The fraction of sp³-hybridized carbons (Fsp3) is 0. The van der Waals surface area contributed by atoms with Crippen molar-refractivity contribution in [2.45, 2.75) is 0 Å². The minimum absolute atomic E-state index is 0. The number of Topliss-reactive ketones (excluding diaryl/α,β-unsaturated/α-hetero) is 1. The molecule has 1 amide bonds. The molecule has 4 nitrogen and oxygen atoms in total. The van der Waals surface area contributed by atoms with Crippen molar-refractivity contribution in [3.05, 3.63) is 34.5 Å². The Bertz CT molecular complexity index is 647. The number of hydrogen-bond acceptors (Lipinski definition) is 3. The molecule has 2 heterocycles. The van der Waals surface area contributed by atoms with Crippen LogP contribution in [0.1, 0.15) is 5.56 Å². The van der Waals surface area contributed by atoms with Crippen LogP contribution >= 0.6 is 0 Å². The van der Waals surface area contributed by atoms with E-state index in [4.69, 9.17) is 0 Å². The zero-order chi connectivity index (χ0) is 10.4. The number of hydrogen-bond donors (Lipinski definition) is 1. The molecule has 16 heavy (non-hydrogen) atoms. The maximum atomic E-state index is 11.2. The summed E-state index contributed by atoms with van der Waals surface area (Å²) in [5.41, 5.74) is 1.54. The summed E-state index contributed by atoms with van der Waals surface area (Å²) in [7, 11) is 0. The van der Waals surface area contributed by atoms with Gasteiger partial charge in [0, 0.05) is 23.1 Å². The summed E-state index contributed by atoms with van der Waals surface area (Å²) in [6.45, 7) is 0. The molecule has 0 aromatic heterocycles. The molecule has 5 heteroatoms. The zero-order valence-corrected chi connectivity index (χ0v) is 7.65. The van der Waals surface area contributed by atoms with Gasteiger partial charge in [-0.25, -0.2) is 0 Å². The van der Waals surface area contributed by atoms with Gasteiger partial charge in [0.15, 0.2) is 0 Å². The van der Waals surface area contributed by atoms with Gasteiger partial charge in [-0.3, -0.25) is 14.6 Å². The first kappa shape index (κ1) is 11.5. The first-order valence-electron chi connectivity index (χ1n) is 4.50. The van der Waals surface area contributed by atoms with E-state index in [9.17, 15) is 9.59 Å². The number of fused-ring (bicyclic) bond motifs is 3. The molecule has 0 aliphatic carbocycles. The molecular formula is C11H8CaN2O2. The van der Waals surface area contributed by atoms with Gasteiger partial charge in [0.05, 0.1) is 11.0 Å². The van der Waals surface area contributed by atoms with Crippen LogP contribution in [0.2, 0.25) is 0 Å². The molecular weight excluding hydrogens is 232 g/mol. The molecule has 0 radical (unpaired) electrons. The van der Waals surface area contributed by atoms with Crippen molar-refractivity contribution in [3.63, 3.8) is 0 Å². The van der Waals surface area contributed by atoms with Crippen molar-refractivity contribution >= 4 is 67.3 Å². The maximum absolute atomic E-state index is 11.2. The van der Waals surface area contributed by atoms with Crippen molar-refractivity contribution in [2.75, 3.05) is 5.32 Å². The van der Waals surface area contributed by atoms with Gasteiger partial charge >= 0.3 is 37.7 Å². The number of anilines is 1. The summed E-state index contributed by atoms with van der Waals surface area (Å²) in [5.74, 6) is -1.10. The monoisotopic (exact) mass is 240 g/mol. The second kappa shape index (κ2) is 4.12. The second-order valence-electron chi connectivity index (χ2n) is 3.37. The summed E-state index contributed by atoms with van der Waals surface area (Å²) < 4.78 is 0. The van der Waals surface area contributed by atoms with Gasteiger partial charge < -0.3 is 5.32 Å². The van der Waals surface area contributed by atoms with Crippen LogP contribution < -0.4 is 15.9 Å². The van der Waals surface area contributed by atoms with Crippen LogP contribution in [0.5, 0.6) is 0 Å². The van der Waals surface area contributed by atoms with E-state index in [-0.39, 0.29) is 37.7 Å². The topological polar surface area (TPSA) is 58.5 Å². The number of nitrogens with zero attached hydrogens (tertiary/aromatic N) is 1. The molecule has 1 N–H and O–H groups in total. The van der Waals surface area contributed by atoms with Crippen LogP contribution in [0, 0.1) is 0 Å². The van der Waals surface area contributed by atoms with E-state index in [0.717, 1.165) is 16.1 Å². The fourth-order valence-corrected chi connectivity index (χ4v) is 1.74. The molecule has 3 rings (SSSR count). The zero-order valence-electron chi connectivity index (χ0n) is 7.65. The Hall–Kier alpha value is -0.970. The van der Waals surface area contributed by atoms with Gasteiger partial charge in [0.1, 0.15) is 0 Å². The van der Waals surface area contributed by atoms with Gasteiger partial charge in [-0.15, -0.1) is 0 Å². The molecule has 0 fully saturated rings. The number of rotatable bonds is 0. The number of ketones is 1. The molecule has 0 spiro atoms. The van der Waals surface area contributed by atoms with Gasteiger partial charge in [-0.05, 0) is 12.1 Å². The van der Waals surface area contributed by atoms with Crippen LogP contribution in [0.3, 0.4) is 0 Å². The molecule has 0 unspecified atom stereocenters. The Morgan fingerprint density at radius 1 is 1.19 bits per heavy atom. The van der Waals surface area contributed by atoms with Crippen molar-refractivity contribution in [1.29, 1.82) is 0 Å². The number of carbonyl (C=O) groups excluding carboxylic acids is 2. The van der Waals surface area contributed by atoms with Crippen LogP contribution in [0.15, 0.2) is 23.3 Å². The SMILES string of the molecule is O=C1C=c2ccc3c(c2NC1=O)C=CN=3.[CaH2]. The fourth-order valence-electron chi connectivity index (χ4n) is 1.74. The quantitative estimate of drug-likeness (QED) is 0.451. The Labute approximate surface area is 121 Å². The molecule has 0 saturated carbocycles. The molecule has 1 aromatic carbocycles. The summed E-state index contributed by atoms with van der Waals surface area (Å²) in [5, 5.41) is 4.13. The van der Waals surface area contributed by atoms with Gasteiger partial charge in [0.2, 0.25) is 5.78 Å². The summed E-state index contributed by atoms with van der Waals surface area (Å²) in [4.78, 5) is 26.5. The summed E-state index contributed by atoms with van der Waals surface area (Å²) in [6, 6.07) is 3.61. The number of amides is 1. The van der Waals surface area contributed by atoms with Gasteiger partial charge in [-0.1, -0.05) is 6.07 Å². The van der Waals surface area contributed by atoms with E-state index >= 15 is 0 Å². The number of carbonyl (C=O) groups is 2. The van der Waals surface area contributed by atoms with Crippen LogP contribution in [-0.4, -0.2) is 49.4 Å². The van der Waals surface area contributed by atoms with E-state index in [1.807, 2.05) is 12.1 Å². The third-order valence-corrected chi connectivity index (χ3v) is 2.46. The molecule has 2 aliphatic heterocycles. The molecule has 2 aliphatic rings. The first-order chi connectivity index (χ1) is 7.25. The van der Waals surface area contributed by atoms with Gasteiger partial charge in [-0.2, -0.15) is 0 Å². The Kier molecular flexibility index (Phi) is 2.97. The first-order valence-corrected chi connectivity index (χ1v) is 4.50. The predicted molar refractivity (Wildman–Crippen MR) is 62.9 cm³/mol. The standard InChI is InChI=1S/C11H6N2O2.Ca.2H/c14-9-5-6-1-2-8-7(3-4-12-8)10(6)13-11(9)15;;;/h1-5H,(H,13,15);;;. The normalized spacial score (nSPS) is 15.2.